The van der Waals surface area contributed by atoms with Gasteiger partial charge in [-0.2, -0.15) is 5.10 Å². The maximum absolute atomic E-state index is 11.3. The molecule has 0 unspecified atom stereocenters. The Balaban J connectivity index is 1.91. The van der Waals surface area contributed by atoms with Crippen LogP contribution in [-0.4, -0.2) is 20.9 Å². The molecule has 1 fully saturated rings. The Kier molecular flexibility index (Phi) is 5.68. The maximum Gasteiger partial charge on any atom is 0.325 e. The third kappa shape index (κ3) is 4.25. The average Bonchev–Trinajstić information content (AvgIpc) is 3.03. The van der Waals surface area contributed by atoms with Gasteiger partial charge < -0.3 is 5.11 Å². The van der Waals surface area contributed by atoms with Gasteiger partial charge in [-0.3, -0.25) is 9.48 Å². The summed E-state index contributed by atoms with van der Waals surface area (Å²) in [6.45, 7) is -0.0569. The average molecular weight is 326 g/mol. The Labute approximate surface area is 143 Å². The molecule has 1 N–H and O–H groups in total. The molecule has 1 aromatic heterocycles. The lowest BCUT2D eigenvalue weighted by Crippen LogP contribution is -2.15. The number of nitrogens with zero attached hydrogens (tertiary/aromatic N) is 2. The topological polar surface area (TPSA) is 55.1 Å². The first kappa shape index (κ1) is 16.7. The zero-order valence-electron chi connectivity index (χ0n) is 14.2. The molecular weight excluding hydrogens is 300 g/mol. The normalized spacial score (nSPS) is 17.0. The van der Waals surface area contributed by atoms with E-state index in [9.17, 15) is 9.90 Å². The summed E-state index contributed by atoms with van der Waals surface area (Å²) in [6.07, 6.45) is 9.96. The summed E-state index contributed by atoms with van der Waals surface area (Å²) in [6, 6.07) is 12.1. The summed E-state index contributed by atoms with van der Waals surface area (Å²) in [5, 5.41) is 13.9. The van der Waals surface area contributed by atoms with Gasteiger partial charge in [0, 0.05) is 17.2 Å². The monoisotopic (exact) mass is 326 g/mol. The van der Waals surface area contributed by atoms with Gasteiger partial charge in [0.1, 0.15) is 6.54 Å². The molecule has 2 aromatic rings. The zero-order valence-corrected chi connectivity index (χ0v) is 14.2. The summed E-state index contributed by atoms with van der Waals surface area (Å²) >= 11 is 0. The van der Waals surface area contributed by atoms with Crippen molar-refractivity contribution in [3.8, 4) is 11.3 Å². The number of benzene rings is 1. The highest BCUT2D eigenvalue weighted by molar-refractivity contribution is 5.67. The van der Waals surface area contributed by atoms with Crippen molar-refractivity contribution in [1.29, 1.82) is 0 Å². The molecule has 4 nitrogen and oxygen atoms in total. The molecule has 0 radical (unpaired) electrons. The second kappa shape index (κ2) is 8.13. The Bertz CT molecular complexity index is 654. The van der Waals surface area contributed by atoms with Crippen LogP contribution in [0.4, 0.5) is 0 Å². The first-order valence-electron chi connectivity index (χ1n) is 9.09. The fourth-order valence-corrected chi connectivity index (χ4v) is 3.69. The van der Waals surface area contributed by atoms with Gasteiger partial charge in [0.15, 0.2) is 0 Å². The number of aliphatic carboxylic acids is 1. The van der Waals surface area contributed by atoms with Crippen LogP contribution < -0.4 is 0 Å². The number of aromatic nitrogens is 2. The highest BCUT2D eigenvalue weighted by Crippen LogP contribution is 2.32. The molecule has 0 atom stereocenters. The van der Waals surface area contributed by atoms with E-state index in [1.807, 2.05) is 30.3 Å². The molecule has 0 bridgehead atoms. The maximum atomic E-state index is 11.3. The van der Waals surface area contributed by atoms with Gasteiger partial charge in [-0.25, -0.2) is 0 Å². The molecule has 1 aliphatic carbocycles. The van der Waals surface area contributed by atoms with E-state index < -0.39 is 5.97 Å². The lowest BCUT2D eigenvalue weighted by Gasteiger charge is -2.17. The third-order valence-corrected chi connectivity index (χ3v) is 4.94. The third-order valence-electron chi connectivity index (χ3n) is 4.94. The van der Waals surface area contributed by atoms with Gasteiger partial charge in [-0.15, -0.1) is 0 Å². The molecule has 4 heteroatoms. The van der Waals surface area contributed by atoms with Crippen molar-refractivity contribution in [1.82, 2.24) is 9.78 Å². The first-order valence-corrected chi connectivity index (χ1v) is 9.09. The Hall–Kier alpha value is -2.10. The Morgan fingerprint density at radius 3 is 2.29 bits per heavy atom. The summed E-state index contributed by atoms with van der Waals surface area (Å²) in [4.78, 5) is 11.3. The minimum atomic E-state index is -0.831. The van der Waals surface area contributed by atoms with Gasteiger partial charge in [0.05, 0.1) is 5.69 Å². The minimum absolute atomic E-state index is 0.0569. The largest absolute Gasteiger partial charge is 0.480 e. The molecule has 0 spiro atoms. The van der Waals surface area contributed by atoms with Gasteiger partial charge in [0.2, 0.25) is 0 Å². The van der Waals surface area contributed by atoms with Crippen LogP contribution in [-0.2, 0) is 11.3 Å². The standard InChI is InChI=1S/C20H26N2O2/c23-20(24)15-22-19(17-12-6-3-1-2-4-7-13-17)14-18(21-22)16-10-8-5-9-11-16/h5,8-11,14,17H,1-4,6-7,12-13,15H2,(H,23,24). The van der Waals surface area contributed by atoms with Crippen molar-refractivity contribution in [3.05, 3.63) is 42.1 Å². The van der Waals surface area contributed by atoms with Gasteiger partial charge in [0.25, 0.3) is 0 Å². The fraction of sp³-hybridized carbons (Fsp3) is 0.500. The second-order valence-corrected chi connectivity index (χ2v) is 6.77. The van der Waals surface area contributed by atoms with Gasteiger partial charge >= 0.3 is 5.97 Å². The van der Waals surface area contributed by atoms with Crippen LogP contribution in [0.2, 0.25) is 0 Å². The van der Waals surface area contributed by atoms with Crippen molar-refractivity contribution >= 4 is 5.97 Å². The number of carbonyl (C=O) groups is 1. The first-order chi connectivity index (χ1) is 11.7. The van der Waals surface area contributed by atoms with Crippen LogP contribution in [0.15, 0.2) is 36.4 Å². The quantitative estimate of drug-likeness (QED) is 0.873. The summed E-state index contributed by atoms with van der Waals surface area (Å²) < 4.78 is 1.72. The van der Waals surface area contributed by atoms with E-state index in [4.69, 9.17) is 0 Å². The number of rotatable bonds is 4. The van der Waals surface area contributed by atoms with E-state index in [0.717, 1.165) is 29.8 Å². The van der Waals surface area contributed by atoms with Crippen molar-refractivity contribution in [2.45, 2.75) is 63.8 Å². The van der Waals surface area contributed by atoms with Crippen LogP contribution in [0.3, 0.4) is 0 Å². The van der Waals surface area contributed by atoms with Gasteiger partial charge in [-0.05, 0) is 18.9 Å². The smallest absolute Gasteiger partial charge is 0.325 e. The van der Waals surface area contributed by atoms with Crippen LogP contribution in [0, 0.1) is 0 Å². The van der Waals surface area contributed by atoms with Crippen LogP contribution in [0.25, 0.3) is 11.3 Å². The number of hydrogen-bond donors (Lipinski definition) is 1. The van der Waals surface area contributed by atoms with E-state index in [2.05, 4.69) is 11.2 Å². The van der Waals surface area contributed by atoms with E-state index in [1.54, 1.807) is 4.68 Å². The highest BCUT2D eigenvalue weighted by Gasteiger charge is 2.20. The zero-order chi connectivity index (χ0) is 16.8. The molecule has 0 amide bonds. The van der Waals surface area contributed by atoms with Crippen molar-refractivity contribution in [2.24, 2.45) is 0 Å². The Morgan fingerprint density at radius 2 is 1.67 bits per heavy atom. The van der Waals surface area contributed by atoms with E-state index in [-0.39, 0.29) is 6.54 Å². The molecule has 1 aliphatic rings. The molecule has 1 saturated carbocycles. The molecule has 0 aliphatic heterocycles. The summed E-state index contributed by atoms with van der Waals surface area (Å²) in [5.41, 5.74) is 3.02. The molecule has 0 saturated heterocycles. The second-order valence-electron chi connectivity index (χ2n) is 6.77. The molecule has 3 rings (SSSR count). The van der Waals surface area contributed by atoms with E-state index in [0.29, 0.717) is 5.92 Å². The Morgan fingerprint density at radius 1 is 1.04 bits per heavy atom. The molecule has 1 aromatic carbocycles. The van der Waals surface area contributed by atoms with Crippen LogP contribution >= 0.6 is 0 Å². The lowest BCUT2D eigenvalue weighted by molar-refractivity contribution is -0.137. The molecule has 128 valence electrons. The van der Waals surface area contributed by atoms with Crippen LogP contribution in [0.5, 0.6) is 0 Å². The fourth-order valence-electron chi connectivity index (χ4n) is 3.69. The van der Waals surface area contributed by atoms with Crippen molar-refractivity contribution < 1.29 is 9.90 Å². The number of carboxylic acid groups (broad SMARTS) is 1. The van der Waals surface area contributed by atoms with Gasteiger partial charge in [-0.1, -0.05) is 68.9 Å². The number of carboxylic acids is 1. The van der Waals surface area contributed by atoms with Crippen molar-refractivity contribution in [3.63, 3.8) is 0 Å². The lowest BCUT2D eigenvalue weighted by atomic mass is 9.93. The van der Waals surface area contributed by atoms with Crippen LogP contribution in [0.1, 0.15) is 63.0 Å². The SMILES string of the molecule is O=C(O)Cn1nc(-c2ccccc2)cc1C1CCCCCCCC1. The van der Waals surface area contributed by atoms with E-state index >= 15 is 0 Å². The predicted molar refractivity (Wildman–Crippen MR) is 95.0 cm³/mol. The summed E-state index contributed by atoms with van der Waals surface area (Å²) in [5.74, 6) is -0.408. The molecular formula is C20H26N2O2. The number of hydrogen-bond acceptors (Lipinski definition) is 2. The molecule has 1 heterocycles. The predicted octanol–water partition coefficient (Wildman–Crippen LogP) is 4.85. The van der Waals surface area contributed by atoms with Crippen molar-refractivity contribution in [2.75, 3.05) is 0 Å². The molecule has 24 heavy (non-hydrogen) atoms. The minimum Gasteiger partial charge on any atom is -0.480 e. The summed E-state index contributed by atoms with van der Waals surface area (Å²) in [7, 11) is 0. The highest BCUT2D eigenvalue weighted by atomic mass is 16.4. The van der Waals surface area contributed by atoms with E-state index in [1.165, 1.54) is 38.5 Å².